The highest BCUT2D eigenvalue weighted by Crippen LogP contribution is 2.31. The fourth-order valence-corrected chi connectivity index (χ4v) is 1.85. The molecule has 1 rings (SSSR count). The molecular formula is C9H18ClN3O2. The van der Waals surface area contributed by atoms with Crippen molar-refractivity contribution in [1.29, 1.82) is 0 Å². The van der Waals surface area contributed by atoms with Gasteiger partial charge in [-0.2, -0.15) is 0 Å². The van der Waals surface area contributed by atoms with Gasteiger partial charge in [0.25, 0.3) is 6.47 Å². The largest absolute Gasteiger partial charge is 0.459 e. The predicted octanol–water partition coefficient (Wildman–Crippen LogP) is 0.557. The number of nitrogens with two attached hydrogens (primary N) is 2. The van der Waals surface area contributed by atoms with Crippen LogP contribution in [0.15, 0.2) is 4.99 Å². The molecule has 0 spiro atoms. The number of ether oxygens (including phenoxy) is 1. The fourth-order valence-electron chi connectivity index (χ4n) is 1.85. The molecule has 4 N–H and O–H groups in total. The first kappa shape index (κ1) is 14.0. The van der Waals surface area contributed by atoms with Crippen LogP contribution in [0.25, 0.3) is 0 Å². The van der Waals surface area contributed by atoms with Crippen molar-refractivity contribution in [3.8, 4) is 0 Å². The number of halogens is 1. The van der Waals surface area contributed by atoms with Crippen molar-refractivity contribution < 1.29 is 9.53 Å². The van der Waals surface area contributed by atoms with E-state index in [1.54, 1.807) is 0 Å². The summed E-state index contributed by atoms with van der Waals surface area (Å²) in [5.74, 6) is 0.0458. The van der Waals surface area contributed by atoms with Gasteiger partial charge in [0.2, 0.25) is 0 Å². The van der Waals surface area contributed by atoms with Gasteiger partial charge >= 0.3 is 0 Å². The summed E-state index contributed by atoms with van der Waals surface area (Å²) >= 11 is 0. The molecule has 88 valence electrons. The van der Waals surface area contributed by atoms with E-state index in [-0.39, 0.29) is 18.4 Å². The molecule has 6 heteroatoms. The second kappa shape index (κ2) is 6.50. The molecule has 0 heterocycles. The maximum Gasteiger partial charge on any atom is 0.293 e. The molecule has 0 aromatic rings. The summed E-state index contributed by atoms with van der Waals surface area (Å²) in [6.07, 6.45) is 5.01. The lowest BCUT2D eigenvalue weighted by atomic mass is 9.85. The predicted molar refractivity (Wildman–Crippen MR) is 60.9 cm³/mol. The number of hydrogen-bond acceptors (Lipinski definition) is 3. The first-order valence-electron chi connectivity index (χ1n) is 4.85. The molecule has 0 aliphatic heterocycles. The Morgan fingerprint density at radius 3 is 2.40 bits per heavy atom. The molecule has 1 aliphatic carbocycles. The van der Waals surface area contributed by atoms with Crippen LogP contribution < -0.4 is 11.5 Å². The highest BCUT2D eigenvalue weighted by Gasteiger charge is 2.33. The van der Waals surface area contributed by atoms with Crippen LogP contribution in [0.4, 0.5) is 0 Å². The highest BCUT2D eigenvalue weighted by atomic mass is 35.5. The van der Waals surface area contributed by atoms with E-state index in [1.165, 1.54) is 6.42 Å². The van der Waals surface area contributed by atoms with Crippen molar-refractivity contribution >= 4 is 24.8 Å². The lowest BCUT2D eigenvalue weighted by Gasteiger charge is -2.33. The van der Waals surface area contributed by atoms with E-state index >= 15 is 0 Å². The zero-order valence-electron chi connectivity index (χ0n) is 8.65. The second-order valence-corrected chi connectivity index (χ2v) is 3.70. The number of aliphatic imine (C=N–C) groups is 1. The maximum atomic E-state index is 10.4. The van der Waals surface area contributed by atoms with Crippen LogP contribution in [-0.2, 0) is 9.53 Å². The van der Waals surface area contributed by atoms with Crippen molar-refractivity contribution in [2.24, 2.45) is 16.5 Å². The number of carbonyl (C=O) groups is 1. The van der Waals surface area contributed by atoms with Crippen molar-refractivity contribution in [3.63, 3.8) is 0 Å². The van der Waals surface area contributed by atoms with Crippen LogP contribution >= 0.6 is 12.4 Å². The molecule has 0 bridgehead atoms. The second-order valence-electron chi connectivity index (χ2n) is 3.70. The molecule has 0 radical (unpaired) electrons. The average Bonchev–Trinajstić information content (AvgIpc) is 2.17. The van der Waals surface area contributed by atoms with Gasteiger partial charge in [-0.05, 0) is 25.7 Å². The molecule has 1 saturated carbocycles. The highest BCUT2D eigenvalue weighted by molar-refractivity contribution is 5.85. The molecule has 0 aromatic heterocycles. The number of hydrogen-bond donors (Lipinski definition) is 2. The monoisotopic (exact) mass is 235 g/mol. The first-order valence-corrected chi connectivity index (χ1v) is 4.85. The van der Waals surface area contributed by atoms with E-state index in [9.17, 15) is 4.79 Å². The normalized spacial score (nSPS) is 18.4. The fraction of sp³-hybridized carbons (Fsp3) is 0.778. The Labute approximate surface area is 95.7 Å². The van der Waals surface area contributed by atoms with Crippen LogP contribution in [0.2, 0.25) is 0 Å². The van der Waals surface area contributed by atoms with Crippen LogP contribution in [0.3, 0.4) is 0 Å². The van der Waals surface area contributed by atoms with Gasteiger partial charge in [0.05, 0.1) is 6.54 Å². The van der Waals surface area contributed by atoms with Crippen LogP contribution in [0.1, 0.15) is 32.1 Å². The molecule has 0 aromatic carbocycles. The van der Waals surface area contributed by atoms with Gasteiger partial charge in [0.15, 0.2) is 5.96 Å². The first-order chi connectivity index (χ1) is 6.68. The average molecular weight is 236 g/mol. The minimum absolute atomic E-state index is 0. The topological polar surface area (TPSA) is 90.7 Å². The van der Waals surface area contributed by atoms with E-state index in [0.29, 0.717) is 13.0 Å². The lowest BCUT2D eigenvalue weighted by Crippen LogP contribution is -2.39. The van der Waals surface area contributed by atoms with Gasteiger partial charge < -0.3 is 16.2 Å². The Morgan fingerprint density at radius 1 is 1.33 bits per heavy atom. The lowest BCUT2D eigenvalue weighted by molar-refractivity contribution is -0.145. The van der Waals surface area contributed by atoms with Crippen molar-refractivity contribution in [2.75, 3.05) is 6.54 Å². The van der Waals surface area contributed by atoms with Gasteiger partial charge in [-0.25, -0.2) is 4.99 Å². The molecule has 15 heavy (non-hydrogen) atoms. The van der Waals surface area contributed by atoms with Crippen LogP contribution in [0, 0.1) is 0 Å². The molecule has 0 atom stereocenters. The number of rotatable bonds is 4. The van der Waals surface area contributed by atoms with Crippen molar-refractivity contribution in [2.45, 2.75) is 37.7 Å². The summed E-state index contributed by atoms with van der Waals surface area (Å²) < 4.78 is 5.12. The Hall–Kier alpha value is -0.970. The zero-order valence-corrected chi connectivity index (χ0v) is 9.46. The summed E-state index contributed by atoms with van der Waals surface area (Å²) in [6.45, 7) is 0.877. The molecule has 0 saturated heterocycles. The molecule has 0 amide bonds. The summed E-state index contributed by atoms with van der Waals surface area (Å²) in [5, 5.41) is 0. The van der Waals surface area contributed by atoms with Crippen LogP contribution in [0.5, 0.6) is 0 Å². The summed E-state index contributed by atoms with van der Waals surface area (Å²) in [7, 11) is 0. The van der Waals surface area contributed by atoms with E-state index in [2.05, 4.69) is 4.99 Å². The molecule has 5 nitrogen and oxygen atoms in total. The molecular weight excluding hydrogens is 218 g/mol. The van der Waals surface area contributed by atoms with Gasteiger partial charge in [-0.15, -0.1) is 12.4 Å². The summed E-state index contributed by atoms with van der Waals surface area (Å²) in [6, 6.07) is 0. The summed E-state index contributed by atoms with van der Waals surface area (Å²) in [5.41, 5.74) is 10.0. The third kappa shape index (κ3) is 4.38. The van der Waals surface area contributed by atoms with Crippen molar-refractivity contribution in [1.82, 2.24) is 0 Å². The Kier molecular flexibility index (Phi) is 6.08. The van der Waals surface area contributed by atoms with Gasteiger partial charge in [-0.3, -0.25) is 4.79 Å². The number of nitrogens with zero attached hydrogens (tertiary/aromatic N) is 1. The Bertz CT molecular complexity index is 223. The Balaban J connectivity index is 0.00000196. The van der Waals surface area contributed by atoms with Gasteiger partial charge in [-0.1, -0.05) is 6.42 Å². The quantitative estimate of drug-likeness (QED) is 0.423. The smallest absolute Gasteiger partial charge is 0.293 e. The SMILES string of the molecule is Cl.NC(N)=NCC1(OC=O)CCCCC1. The standard InChI is InChI=1S/C9H17N3O2.ClH/c10-8(11)12-6-9(14-7-13)4-2-1-3-5-9;/h7H,1-6H2,(H4,10,11,12);1H. The number of carbonyl (C=O) groups excluding carboxylic acids is 1. The van der Waals surface area contributed by atoms with Crippen LogP contribution in [-0.4, -0.2) is 24.6 Å². The molecule has 1 fully saturated rings. The molecule has 0 unspecified atom stereocenters. The van der Waals surface area contributed by atoms with Gasteiger partial charge in [0, 0.05) is 0 Å². The van der Waals surface area contributed by atoms with Gasteiger partial charge in [0.1, 0.15) is 5.60 Å². The zero-order chi connectivity index (χ0) is 10.4. The third-order valence-corrected chi connectivity index (χ3v) is 2.61. The van der Waals surface area contributed by atoms with E-state index in [4.69, 9.17) is 16.2 Å². The minimum Gasteiger partial charge on any atom is -0.459 e. The minimum atomic E-state index is -0.454. The molecule has 1 aliphatic rings. The summed E-state index contributed by atoms with van der Waals surface area (Å²) in [4.78, 5) is 14.3. The number of guanidine groups is 1. The maximum absolute atomic E-state index is 10.4. The third-order valence-electron chi connectivity index (χ3n) is 2.61. The Morgan fingerprint density at radius 2 is 1.93 bits per heavy atom. The van der Waals surface area contributed by atoms with Crippen molar-refractivity contribution in [3.05, 3.63) is 0 Å². The van der Waals surface area contributed by atoms with E-state index in [1.807, 2.05) is 0 Å². The van der Waals surface area contributed by atoms with E-state index < -0.39 is 5.60 Å². The van der Waals surface area contributed by atoms with E-state index in [0.717, 1.165) is 25.7 Å².